The van der Waals surface area contributed by atoms with Crippen molar-refractivity contribution in [3.63, 3.8) is 0 Å². The highest BCUT2D eigenvalue weighted by atomic mass is 35.5. The van der Waals surface area contributed by atoms with Crippen LogP contribution < -0.4 is 10.1 Å². The van der Waals surface area contributed by atoms with Gasteiger partial charge in [0.25, 0.3) is 5.91 Å². The van der Waals surface area contributed by atoms with Crippen LogP contribution in [0.3, 0.4) is 0 Å². The summed E-state index contributed by atoms with van der Waals surface area (Å²) in [6.45, 7) is 0.528. The molecule has 0 aliphatic rings. The molecule has 0 saturated heterocycles. The number of carbonyl (C=O) groups is 1. The molecule has 2 aromatic heterocycles. The molecule has 0 radical (unpaired) electrons. The minimum atomic E-state index is -0.333. The van der Waals surface area contributed by atoms with E-state index in [9.17, 15) is 9.18 Å². The number of hydrogen-bond acceptors (Lipinski definition) is 5. The Morgan fingerprint density at radius 3 is 2.55 bits per heavy atom. The van der Waals surface area contributed by atoms with Crippen LogP contribution in [-0.4, -0.2) is 38.9 Å². The maximum Gasteiger partial charge on any atom is 0.251 e. The molecule has 1 amide bonds. The molecule has 0 fully saturated rings. The van der Waals surface area contributed by atoms with E-state index in [2.05, 4.69) is 20.6 Å². The highest BCUT2D eigenvalue weighted by molar-refractivity contribution is 6.30. The van der Waals surface area contributed by atoms with E-state index in [0.29, 0.717) is 40.0 Å². The van der Waals surface area contributed by atoms with E-state index in [-0.39, 0.29) is 18.3 Å². The highest BCUT2D eigenvalue weighted by Gasteiger charge is 2.11. The number of fused-ring (bicyclic) bond motifs is 1. The number of hydrogen-bond donors (Lipinski definition) is 1. The molecule has 146 valence electrons. The SMILES string of the molecule is O=C(NCCOc1ccc2nnc(-c3ccc(F)cc3)n2n1)c1ccc(Cl)cc1. The fourth-order valence-corrected chi connectivity index (χ4v) is 2.78. The smallest absolute Gasteiger partial charge is 0.251 e. The fraction of sp³-hybridized carbons (Fsp3) is 0.100. The van der Waals surface area contributed by atoms with E-state index >= 15 is 0 Å². The summed E-state index contributed by atoms with van der Waals surface area (Å²) in [5, 5.41) is 15.9. The number of amides is 1. The van der Waals surface area contributed by atoms with Crippen molar-refractivity contribution in [2.75, 3.05) is 13.2 Å². The van der Waals surface area contributed by atoms with Crippen LogP contribution in [0.25, 0.3) is 17.0 Å². The Balaban J connectivity index is 1.39. The maximum absolute atomic E-state index is 13.1. The van der Waals surface area contributed by atoms with E-state index in [4.69, 9.17) is 16.3 Å². The van der Waals surface area contributed by atoms with Gasteiger partial charge in [0.05, 0.1) is 6.54 Å². The molecule has 2 heterocycles. The second kappa shape index (κ2) is 8.24. The van der Waals surface area contributed by atoms with Gasteiger partial charge in [0.15, 0.2) is 11.5 Å². The van der Waals surface area contributed by atoms with Gasteiger partial charge in [-0.3, -0.25) is 4.79 Å². The number of nitrogens with one attached hydrogen (secondary N) is 1. The zero-order valence-corrected chi connectivity index (χ0v) is 15.8. The zero-order chi connectivity index (χ0) is 20.2. The van der Waals surface area contributed by atoms with Crippen LogP contribution in [0.4, 0.5) is 4.39 Å². The minimum Gasteiger partial charge on any atom is -0.475 e. The van der Waals surface area contributed by atoms with Crippen molar-refractivity contribution >= 4 is 23.2 Å². The van der Waals surface area contributed by atoms with Crippen LogP contribution in [0.15, 0.2) is 60.7 Å². The summed E-state index contributed by atoms with van der Waals surface area (Å²) < 4.78 is 20.3. The molecule has 29 heavy (non-hydrogen) atoms. The maximum atomic E-state index is 13.1. The van der Waals surface area contributed by atoms with Crippen molar-refractivity contribution in [3.8, 4) is 17.3 Å². The lowest BCUT2D eigenvalue weighted by Gasteiger charge is -2.08. The minimum absolute atomic E-state index is 0.217. The predicted octanol–water partition coefficient (Wildman–Crippen LogP) is 3.39. The summed E-state index contributed by atoms with van der Waals surface area (Å²) in [5.74, 6) is 0.272. The molecule has 0 aliphatic carbocycles. The normalized spacial score (nSPS) is 10.8. The van der Waals surface area contributed by atoms with Crippen LogP contribution in [0.1, 0.15) is 10.4 Å². The van der Waals surface area contributed by atoms with Gasteiger partial charge in [-0.1, -0.05) is 11.6 Å². The first kappa shape index (κ1) is 18.8. The predicted molar refractivity (Wildman–Crippen MR) is 105 cm³/mol. The molecule has 0 unspecified atom stereocenters. The summed E-state index contributed by atoms with van der Waals surface area (Å²) >= 11 is 5.82. The first-order valence-electron chi connectivity index (χ1n) is 8.75. The van der Waals surface area contributed by atoms with E-state index < -0.39 is 0 Å². The lowest BCUT2D eigenvalue weighted by Crippen LogP contribution is -2.28. The van der Waals surface area contributed by atoms with Crippen molar-refractivity contribution in [1.29, 1.82) is 0 Å². The number of ether oxygens (including phenoxy) is 1. The largest absolute Gasteiger partial charge is 0.475 e. The average molecular weight is 412 g/mol. The number of halogens is 2. The monoisotopic (exact) mass is 411 g/mol. The lowest BCUT2D eigenvalue weighted by atomic mass is 10.2. The van der Waals surface area contributed by atoms with Gasteiger partial charge >= 0.3 is 0 Å². The van der Waals surface area contributed by atoms with E-state index in [1.54, 1.807) is 48.5 Å². The fourth-order valence-electron chi connectivity index (χ4n) is 2.65. The number of benzene rings is 2. The van der Waals surface area contributed by atoms with Crippen molar-refractivity contribution in [2.45, 2.75) is 0 Å². The summed E-state index contributed by atoms with van der Waals surface area (Å²) in [5.41, 5.74) is 1.73. The van der Waals surface area contributed by atoms with Gasteiger partial charge in [-0.2, -0.15) is 4.52 Å². The number of aromatic nitrogens is 4. The molecule has 0 saturated carbocycles. The van der Waals surface area contributed by atoms with Gasteiger partial charge < -0.3 is 10.1 Å². The van der Waals surface area contributed by atoms with Gasteiger partial charge in [0.1, 0.15) is 12.4 Å². The van der Waals surface area contributed by atoms with Gasteiger partial charge in [0, 0.05) is 22.2 Å². The molecule has 2 aromatic carbocycles. The third kappa shape index (κ3) is 4.33. The molecular weight excluding hydrogens is 397 g/mol. The molecule has 7 nitrogen and oxygen atoms in total. The standard InChI is InChI=1S/C20H15ClFN5O2/c21-15-5-1-14(2-6-15)20(28)23-11-12-29-18-10-9-17-24-25-19(27(17)26-18)13-3-7-16(22)8-4-13/h1-10H,11-12H2,(H,23,28). The molecule has 4 rings (SSSR count). The van der Waals surface area contributed by atoms with Gasteiger partial charge in [-0.15, -0.1) is 15.3 Å². The van der Waals surface area contributed by atoms with Gasteiger partial charge in [0.2, 0.25) is 5.88 Å². The Morgan fingerprint density at radius 2 is 1.79 bits per heavy atom. The van der Waals surface area contributed by atoms with Crippen LogP contribution in [-0.2, 0) is 0 Å². The Kier molecular flexibility index (Phi) is 5.35. The van der Waals surface area contributed by atoms with Gasteiger partial charge in [-0.05, 0) is 54.6 Å². The third-order valence-electron chi connectivity index (χ3n) is 4.08. The summed E-state index contributed by atoms with van der Waals surface area (Å²) in [4.78, 5) is 12.1. The summed E-state index contributed by atoms with van der Waals surface area (Å²) in [6, 6.07) is 15.9. The zero-order valence-electron chi connectivity index (χ0n) is 15.0. The van der Waals surface area contributed by atoms with E-state index in [1.807, 2.05) is 0 Å². The summed E-state index contributed by atoms with van der Waals surface area (Å²) in [6.07, 6.45) is 0. The third-order valence-corrected chi connectivity index (χ3v) is 4.34. The number of carbonyl (C=O) groups excluding carboxylic acids is 1. The first-order chi connectivity index (χ1) is 14.1. The second-order valence-corrected chi connectivity index (χ2v) is 6.52. The molecule has 0 aliphatic heterocycles. The molecule has 4 aromatic rings. The molecule has 0 bridgehead atoms. The van der Waals surface area contributed by atoms with E-state index in [1.165, 1.54) is 16.6 Å². The second-order valence-electron chi connectivity index (χ2n) is 6.08. The van der Waals surface area contributed by atoms with E-state index in [0.717, 1.165) is 0 Å². The van der Waals surface area contributed by atoms with Crippen molar-refractivity contribution < 1.29 is 13.9 Å². The van der Waals surface area contributed by atoms with Crippen molar-refractivity contribution in [2.24, 2.45) is 0 Å². The highest BCUT2D eigenvalue weighted by Crippen LogP contribution is 2.19. The topological polar surface area (TPSA) is 81.4 Å². The Labute approximate surface area is 170 Å². The Bertz CT molecular complexity index is 1150. The lowest BCUT2D eigenvalue weighted by molar-refractivity contribution is 0.0946. The Hall–Kier alpha value is -3.52. The van der Waals surface area contributed by atoms with Crippen molar-refractivity contribution in [1.82, 2.24) is 25.1 Å². The van der Waals surface area contributed by atoms with Gasteiger partial charge in [-0.25, -0.2) is 4.39 Å². The number of nitrogens with zero attached hydrogens (tertiary/aromatic N) is 4. The molecule has 0 spiro atoms. The quantitative estimate of drug-likeness (QED) is 0.492. The average Bonchev–Trinajstić information content (AvgIpc) is 3.15. The molecule has 0 atom stereocenters. The van der Waals surface area contributed by atoms with Crippen LogP contribution >= 0.6 is 11.6 Å². The van der Waals surface area contributed by atoms with Crippen LogP contribution in [0.2, 0.25) is 5.02 Å². The molecule has 9 heteroatoms. The van der Waals surface area contributed by atoms with Crippen molar-refractivity contribution in [3.05, 3.63) is 77.1 Å². The molecule has 1 N–H and O–H groups in total. The Morgan fingerprint density at radius 1 is 1.03 bits per heavy atom. The number of rotatable bonds is 6. The molecular formula is C20H15ClFN5O2. The first-order valence-corrected chi connectivity index (χ1v) is 9.13. The van der Waals surface area contributed by atoms with Crippen LogP contribution in [0, 0.1) is 5.82 Å². The summed E-state index contributed by atoms with van der Waals surface area (Å²) in [7, 11) is 0. The van der Waals surface area contributed by atoms with Crippen LogP contribution in [0.5, 0.6) is 5.88 Å².